The number of likely N-dealkylation sites (tertiary alicyclic amines) is 3. The number of alkyl carbamates (subject to hydrolysis) is 2. The molecule has 0 spiro atoms. The van der Waals surface area contributed by atoms with Crippen molar-refractivity contribution in [2.75, 3.05) is 52.4 Å². The van der Waals surface area contributed by atoms with Gasteiger partial charge in [0.2, 0.25) is 5.91 Å². The van der Waals surface area contributed by atoms with E-state index in [0.29, 0.717) is 25.9 Å². The quantitative estimate of drug-likeness (QED) is 0.324. The van der Waals surface area contributed by atoms with E-state index in [1.807, 2.05) is 83.1 Å². The number of hydrogen-bond donors (Lipinski definition) is 3. The molecule has 0 atom stereocenters. The second kappa shape index (κ2) is 25.3. The molecule has 3 amide bonds. The minimum atomic E-state index is -0.899. The van der Waals surface area contributed by atoms with Crippen LogP contribution in [0, 0.1) is 11.8 Å². The Morgan fingerprint density at radius 1 is 0.633 bits per heavy atom. The van der Waals surface area contributed by atoms with E-state index in [2.05, 4.69) is 35.7 Å². The number of aliphatic carboxylic acids is 1. The number of carboxylic acid groups (broad SMARTS) is 1. The van der Waals surface area contributed by atoms with Gasteiger partial charge in [0, 0.05) is 80.9 Å². The van der Waals surface area contributed by atoms with Gasteiger partial charge in [0.05, 0.1) is 0 Å². The van der Waals surface area contributed by atoms with Crippen molar-refractivity contribution in [1.82, 2.24) is 40.6 Å². The van der Waals surface area contributed by atoms with Gasteiger partial charge >= 0.3 is 31.0 Å². The normalized spacial score (nSPS) is 18.9. The summed E-state index contributed by atoms with van der Waals surface area (Å²) in [7, 11) is 0. The maximum Gasteiger partial charge on any atom is 1.00 e. The first-order valence-corrected chi connectivity index (χ1v) is 21.4. The van der Waals surface area contributed by atoms with Gasteiger partial charge in [-0.1, -0.05) is 0 Å². The van der Waals surface area contributed by atoms with Crippen molar-refractivity contribution in [1.29, 1.82) is 0 Å². The van der Waals surface area contributed by atoms with Crippen LogP contribution in [0.4, 0.5) is 9.59 Å². The van der Waals surface area contributed by atoms with Gasteiger partial charge in [0.1, 0.15) is 11.2 Å². The van der Waals surface area contributed by atoms with Crippen molar-refractivity contribution >= 4 is 24.1 Å². The molecule has 6 rings (SSSR count). The Morgan fingerprint density at radius 3 is 1.40 bits per heavy atom. The van der Waals surface area contributed by atoms with E-state index in [0.717, 1.165) is 90.9 Å². The van der Waals surface area contributed by atoms with E-state index in [-0.39, 0.29) is 60.9 Å². The molecule has 4 fully saturated rings. The van der Waals surface area contributed by atoms with Gasteiger partial charge in [-0.15, -0.1) is 0 Å². The summed E-state index contributed by atoms with van der Waals surface area (Å²) in [5.41, 5.74) is 1.59. The molecule has 4 saturated heterocycles. The van der Waals surface area contributed by atoms with Gasteiger partial charge in [-0.3, -0.25) is 24.6 Å². The molecule has 2 aromatic rings. The molecule has 0 bridgehead atoms. The van der Waals surface area contributed by atoms with Gasteiger partial charge in [-0.2, -0.15) is 0 Å². The zero-order valence-corrected chi connectivity index (χ0v) is 37.2. The summed E-state index contributed by atoms with van der Waals surface area (Å²) in [4.78, 5) is 61.6. The molecule has 2 aromatic heterocycles. The van der Waals surface area contributed by atoms with Crippen molar-refractivity contribution < 1.29 is 52.6 Å². The third kappa shape index (κ3) is 19.8. The standard InChI is InChI=1S/C22H34N4O3.C12H16N2O2.C10H20N2O2.Li/c1-22(2,3)29-21(28)24-19-8-14-26(15-9-19)20(27)18-6-12-25(13-7-18)16-17-4-10-23-11-5-17;15-12(16)11-3-7-14(8-4-11)9-10-1-5-13-6-2-10;1-10(2,3)14-9(13)12-8-4-6-11-7-5-8;/h4-5,10-11,18-19H,6-9,12-16H2,1-3H3,(H,24,28);1-2,5-6,11H,3-4,7-9H2,(H,15,16);8,11H,4-7H2,1-3H3,(H,12,13);/q;;;+1/p-1. The molecule has 16 heteroatoms. The average molecular weight is 829 g/mol. The molecular weight excluding hydrogens is 759 g/mol. The molecular formula is C44H69LiN8O7. The summed E-state index contributed by atoms with van der Waals surface area (Å²) in [6, 6.07) is 8.43. The summed E-state index contributed by atoms with van der Waals surface area (Å²) in [6.07, 6.45) is 13.3. The Bertz CT molecular complexity index is 1560. The van der Waals surface area contributed by atoms with Crippen molar-refractivity contribution in [2.24, 2.45) is 11.8 Å². The maximum atomic E-state index is 12.9. The van der Waals surface area contributed by atoms with E-state index in [1.54, 1.807) is 12.4 Å². The Labute approximate surface area is 369 Å². The number of piperidine rings is 4. The van der Waals surface area contributed by atoms with Crippen LogP contribution in [-0.2, 0) is 32.2 Å². The molecule has 4 aliphatic heterocycles. The van der Waals surface area contributed by atoms with E-state index in [9.17, 15) is 24.3 Å². The first kappa shape index (κ1) is 50.6. The minimum Gasteiger partial charge on any atom is -0.550 e. The van der Waals surface area contributed by atoms with Crippen molar-refractivity contribution in [2.45, 2.75) is 129 Å². The Morgan fingerprint density at radius 2 is 1.02 bits per heavy atom. The van der Waals surface area contributed by atoms with Crippen LogP contribution in [0.15, 0.2) is 49.1 Å². The number of nitrogens with one attached hydrogen (secondary N) is 3. The fourth-order valence-corrected chi connectivity index (χ4v) is 7.57. The molecule has 0 radical (unpaired) electrons. The van der Waals surface area contributed by atoms with Crippen LogP contribution < -0.4 is 39.9 Å². The molecule has 60 heavy (non-hydrogen) atoms. The number of carbonyl (C=O) groups excluding carboxylic acids is 4. The fraction of sp³-hybridized carbons (Fsp3) is 0.682. The summed E-state index contributed by atoms with van der Waals surface area (Å²) in [5.74, 6) is -0.749. The van der Waals surface area contributed by atoms with Gasteiger partial charge in [0.25, 0.3) is 0 Å². The van der Waals surface area contributed by atoms with Gasteiger partial charge < -0.3 is 40.2 Å². The zero-order chi connectivity index (χ0) is 42.8. The van der Waals surface area contributed by atoms with Crippen LogP contribution in [0.5, 0.6) is 0 Å². The van der Waals surface area contributed by atoms with Gasteiger partial charge in [0.15, 0.2) is 0 Å². The van der Waals surface area contributed by atoms with Crippen LogP contribution in [0.2, 0.25) is 0 Å². The Balaban J connectivity index is 0.000000262. The molecule has 6 heterocycles. The van der Waals surface area contributed by atoms with Crippen molar-refractivity contribution in [3.63, 3.8) is 0 Å². The monoisotopic (exact) mass is 829 g/mol. The molecule has 0 aliphatic carbocycles. The largest absolute Gasteiger partial charge is 1.00 e. The topological polar surface area (TPSA) is 181 Å². The number of pyridine rings is 2. The maximum absolute atomic E-state index is 12.9. The molecule has 4 aliphatic rings. The average Bonchev–Trinajstić information content (AvgIpc) is 3.19. The van der Waals surface area contributed by atoms with Crippen LogP contribution >= 0.6 is 0 Å². The minimum absolute atomic E-state index is 0. The number of amides is 3. The predicted molar refractivity (Wildman–Crippen MR) is 224 cm³/mol. The molecule has 328 valence electrons. The zero-order valence-electron chi connectivity index (χ0n) is 37.2. The molecule has 0 unspecified atom stereocenters. The van der Waals surface area contributed by atoms with Gasteiger partial charge in [-0.25, -0.2) is 9.59 Å². The summed E-state index contributed by atoms with van der Waals surface area (Å²) < 4.78 is 10.5. The predicted octanol–water partition coefficient (Wildman–Crippen LogP) is 1.12. The summed E-state index contributed by atoms with van der Waals surface area (Å²) in [5, 5.41) is 19.7. The molecule has 0 saturated carbocycles. The summed E-state index contributed by atoms with van der Waals surface area (Å²) in [6.45, 7) is 19.9. The van der Waals surface area contributed by atoms with Crippen molar-refractivity contribution in [3.8, 4) is 0 Å². The summed E-state index contributed by atoms with van der Waals surface area (Å²) >= 11 is 0. The smallest absolute Gasteiger partial charge is 0.550 e. The Kier molecular flexibility index (Phi) is 21.3. The molecule has 15 nitrogen and oxygen atoms in total. The van der Waals surface area contributed by atoms with E-state index < -0.39 is 17.2 Å². The SMILES string of the molecule is CC(C)(C)OC(=O)NC1CCN(C(=O)C2CCN(Cc3ccncc3)CC2)CC1.CC(C)(C)OC(=O)NC1CCNCC1.O=C([O-])C1CCN(Cc2ccncc2)CC1.[Li+]. The van der Waals surface area contributed by atoms with Crippen LogP contribution in [-0.4, -0.2) is 124 Å². The molecule has 0 aromatic carbocycles. The third-order valence-corrected chi connectivity index (χ3v) is 10.8. The number of nitrogens with zero attached hydrogens (tertiary/aromatic N) is 5. The Hall–Kier alpha value is -3.74. The van der Waals surface area contributed by atoms with E-state index in [4.69, 9.17) is 9.47 Å². The fourth-order valence-electron chi connectivity index (χ4n) is 7.57. The van der Waals surface area contributed by atoms with E-state index in [1.165, 1.54) is 11.1 Å². The van der Waals surface area contributed by atoms with Crippen LogP contribution in [0.3, 0.4) is 0 Å². The number of carboxylic acids is 1. The third-order valence-electron chi connectivity index (χ3n) is 10.8. The van der Waals surface area contributed by atoms with Crippen LogP contribution in [0.1, 0.15) is 104 Å². The van der Waals surface area contributed by atoms with Crippen LogP contribution in [0.25, 0.3) is 0 Å². The number of carbonyl (C=O) groups is 4. The molecule has 3 N–H and O–H groups in total. The second-order valence-electron chi connectivity index (χ2n) is 18.0. The van der Waals surface area contributed by atoms with Gasteiger partial charge in [-0.05, 0) is 168 Å². The van der Waals surface area contributed by atoms with Crippen molar-refractivity contribution in [3.05, 3.63) is 60.2 Å². The number of rotatable bonds is 8. The number of hydrogen-bond acceptors (Lipinski definition) is 12. The first-order valence-electron chi connectivity index (χ1n) is 21.4. The second-order valence-corrected chi connectivity index (χ2v) is 18.0. The first-order chi connectivity index (χ1) is 28.0. The van der Waals surface area contributed by atoms with E-state index >= 15 is 0 Å². The number of aromatic nitrogens is 2. The number of ether oxygens (including phenoxy) is 2.